The Hall–Kier alpha value is -4.37. The van der Waals surface area contributed by atoms with Gasteiger partial charge in [0.05, 0.1) is 43.8 Å². The summed E-state index contributed by atoms with van der Waals surface area (Å²) < 4.78 is 17.7. The van der Waals surface area contributed by atoms with Crippen LogP contribution in [0.4, 0.5) is 5.69 Å². The van der Waals surface area contributed by atoms with Gasteiger partial charge in [0, 0.05) is 5.56 Å². The number of amidine groups is 1. The number of rotatable bonds is 7. The molecule has 0 atom stereocenters. The fourth-order valence-corrected chi connectivity index (χ4v) is 5.04. The molecule has 1 N–H and O–H groups in total. The first-order valence-electron chi connectivity index (χ1n) is 11.5. The van der Waals surface area contributed by atoms with E-state index in [1.165, 1.54) is 4.57 Å². The Balaban J connectivity index is 1.48. The number of hydrogen-bond acceptors (Lipinski definition) is 8. The van der Waals surface area contributed by atoms with E-state index < -0.39 is 0 Å². The van der Waals surface area contributed by atoms with Gasteiger partial charge >= 0.3 is 4.87 Å². The van der Waals surface area contributed by atoms with Crippen LogP contribution in [-0.4, -0.2) is 36.8 Å². The molecule has 0 saturated heterocycles. The summed E-state index contributed by atoms with van der Waals surface area (Å²) in [7, 11) is 4.67. The number of thiazole rings is 1. The van der Waals surface area contributed by atoms with Gasteiger partial charge in [0.15, 0.2) is 17.3 Å². The van der Waals surface area contributed by atoms with Gasteiger partial charge in [-0.1, -0.05) is 47.2 Å². The van der Waals surface area contributed by atoms with Gasteiger partial charge in [-0.05, 0) is 48.0 Å². The molecule has 1 aliphatic rings. The fourth-order valence-electron chi connectivity index (χ4n) is 4.20. The van der Waals surface area contributed by atoms with Gasteiger partial charge in [-0.2, -0.15) is 0 Å². The molecule has 3 aromatic carbocycles. The number of benzene rings is 3. The first-order valence-corrected chi connectivity index (χ1v) is 12.3. The predicted octanol–water partition coefficient (Wildman–Crippen LogP) is 3.54. The topological polar surface area (TPSA) is 94.6 Å². The van der Waals surface area contributed by atoms with Crippen molar-refractivity contribution in [2.75, 3.05) is 21.3 Å². The van der Waals surface area contributed by atoms with Gasteiger partial charge in [0.1, 0.15) is 0 Å². The number of aliphatic imine (C=N–C) groups is 1. The fraction of sp³-hybridized carbons (Fsp3) is 0.179. The molecule has 1 aliphatic heterocycles. The van der Waals surface area contributed by atoms with Crippen molar-refractivity contribution in [1.29, 1.82) is 0 Å². The normalized spacial score (nSPS) is 12.6. The molecule has 188 valence electrons. The molecule has 1 aromatic heterocycles. The van der Waals surface area contributed by atoms with Crippen LogP contribution in [0.5, 0.6) is 23.1 Å². The number of hydrogen-bond donors (Lipinski definition) is 1. The molecule has 8 nitrogen and oxygen atoms in total. The molecule has 5 rings (SSSR count). The van der Waals surface area contributed by atoms with Crippen molar-refractivity contribution in [3.63, 3.8) is 0 Å². The van der Waals surface area contributed by atoms with Crippen LogP contribution in [0.2, 0.25) is 0 Å². The van der Waals surface area contributed by atoms with Crippen molar-refractivity contribution in [3.05, 3.63) is 96.4 Å². The summed E-state index contributed by atoms with van der Waals surface area (Å²) in [6.45, 7) is 2.30. The maximum atomic E-state index is 12.6. The van der Waals surface area contributed by atoms with Crippen LogP contribution in [-0.2, 0) is 6.54 Å². The lowest BCUT2D eigenvalue weighted by atomic mass is 10.1. The van der Waals surface area contributed by atoms with E-state index in [-0.39, 0.29) is 10.8 Å². The largest absolute Gasteiger partial charge is 0.493 e. The van der Waals surface area contributed by atoms with Gasteiger partial charge in [0.25, 0.3) is 0 Å². The third-order valence-electron chi connectivity index (χ3n) is 5.99. The van der Waals surface area contributed by atoms with E-state index in [1.54, 1.807) is 39.5 Å². The van der Waals surface area contributed by atoms with E-state index >= 15 is 0 Å². The van der Waals surface area contributed by atoms with Crippen molar-refractivity contribution in [2.45, 2.75) is 13.5 Å². The first-order chi connectivity index (χ1) is 17.9. The van der Waals surface area contributed by atoms with Crippen molar-refractivity contribution < 1.29 is 19.3 Å². The van der Waals surface area contributed by atoms with Crippen molar-refractivity contribution in [1.82, 2.24) is 4.57 Å². The highest BCUT2D eigenvalue weighted by molar-refractivity contribution is 7.10. The Labute approximate surface area is 217 Å². The zero-order chi connectivity index (χ0) is 26.1. The molecule has 0 spiro atoms. The molecule has 0 amide bonds. The van der Waals surface area contributed by atoms with E-state index in [2.05, 4.69) is 4.99 Å². The SMILES string of the molecule is COc1cc(C2=Nc3cc(=Cc4sc(=O)n(Cc5cccc(C)c5)c4O)ccc3=N2)cc(OC)c1OC. The number of methoxy groups -OCH3 is 3. The summed E-state index contributed by atoms with van der Waals surface area (Å²) >= 11 is 1.00. The highest BCUT2D eigenvalue weighted by atomic mass is 32.1. The van der Waals surface area contributed by atoms with Gasteiger partial charge in [-0.3, -0.25) is 9.36 Å². The van der Waals surface area contributed by atoms with Gasteiger partial charge in [-0.25, -0.2) is 9.98 Å². The first kappa shape index (κ1) is 24.3. The van der Waals surface area contributed by atoms with Gasteiger partial charge in [-0.15, -0.1) is 0 Å². The predicted molar refractivity (Wildman–Crippen MR) is 144 cm³/mol. The summed E-state index contributed by atoms with van der Waals surface area (Å²) in [4.78, 5) is 22.2. The molecule has 0 radical (unpaired) electrons. The summed E-state index contributed by atoms with van der Waals surface area (Å²) in [5.74, 6) is 1.99. The molecule has 37 heavy (non-hydrogen) atoms. The molecule has 4 aromatic rings. The monoisotopic (exact) mass is 515 g/mol. The molecule has 2 heterocycles. The molecule has 0 aliphatic carbocycles. The molecular formula is C28H25N3O5S. The second-order valence-corrected chi connectivity index (χ2v) is 9.48. The number of fused-ring (bicyclic) bond motifs is 1. The lowest BCUT2D eigenvalue weighted by Crippen LogP contribution is -2.13. The van der Waals surface area contributed by atoms with Crippen LogP contribution < -0.4 is 29.7 Å². The van der Waals surface area contributed by atoms with Crippen LogP contribution in [0.3, 0.4) is 0 Å². The van der Waals surface area contributed by atoms with Crippen LogP contribution in [0, 0.1) is 6.92 Å². The molecule has 0 unspecified atom stereocenters. The number of aryl methyl sites for hydroxylation is 1. The van der Waals surface area contributed by atoms with E-state index in [4.69, 9.17) is 19.2 Å². The highest BCUT2D eigenvalue weighted by Gasteiger charge is 2.18. The third-order valence-corrected chi connectivity index (χ3v) is 6.91. The molecule has 0 bridgehead atoms. The van der Waals surface area contributed by atoms with E-state index in [9.17, 15) is 9.90 Å². The quantitative estimate of drug-likeness (QED) is 0.406. The molecule has 0 saturated carbocycles. The Morgan fingerprint density at radius 3 is 2.41 bits per heavy atom. The maximum absolute atomic E-state index is 12.6. The zero-order valence-corrected chi connectivity index (χ0v) is 21.6. The van der Waals surface area contributed by atoms with Crippen LogP contribution in [0.25, 0.3) is 6.08 Å². The van der Waals surface area contributed by atoms with Crippen LogP contribution >= 0.6 is 11.3 Å². The van der Waals surface area contributed by atoms with Gasteiger partial charge < -0.3 is 19.3 Å². The third kappa shape index (κ3) is 4.73. The Kier molecular flexibility index (Phi) is 6.54. The number of aromatic hydroxyl groups is 1. The molecular weight excluding hydrogens is 490 g/mol. The lowest BCUT2D eigenvalue weighted by Gasteiger charge is -2.13. The summed E-state index contributed by atoms with van der Waals surface area (Å²) in [5.41, 5.74) is 3.46. The number of aromatic nitrogens is 1. The van der Waals surface area contributed by atoms with Crippen LogP contribution in [0.1, 0.15) is 21.6 Å². The average Bonchev–Trinajstić information content (AvgIpc) is 3.44. The van der Waals surface area contributed by atoms with E-state index in [1.807, 2.05) is 49.4 Å². The Morgan fingerprint density at radius 2 is 1.73 bits per heavy atom. The average molecular weight is 516 g/mol. The Morgan fingerprint density at radius 1 is 0.973 bits per heavy atom. The van der Waals surface area contributed by atoms with Crippen LogP contribution in [0.15, 0.2) is 69.4 Å². The van der Waals surface area contributed by atoms with Crippen molar-refractivity contribution >= 4 is 28.9 Å². The highest BCUT2D eigenvalue weighted by Crippen LogP contribution is 2.38. The number of ether oxygens (including phenoxy) is 3. The summed E-state index contributed by atoms with van der Waals surface area (Å²) in [6.07, 6.45) is 1.78. The zero-order valence-electron chi connectivity index (χ0n) is 20.8. The maximum Gasteiger partial charge on any atom is 0.310 e. The smallest absolute Gasteiger partial charge is 0.310 e. The molecule has 9 heteroatoms. The van der Waals surface area contributed by atoms with E-state index in [0.717, 1.165) is 38.6 Å². The van der Waals surface area contributed by atoms with E-state index in [0.29, 0.717) is 40.2 Å². The lowest BCUT2D eigenvalue weighted by molar-refractivity contribution is 0.324. The minimum atomic E-state index is -0.218. The minimum absolute atomic E-state index is 0.0525. The summed E-state index contributed by atoms with van der Waals surface area (Å²) in [6, 6.07) is 17.1. The Bertz CT molecular complexity index is 1690. The minimum Gasteiger partial charge on any atom is -0.493 e. The molecule has 0 fully saturated rings. The standard InChI is InChI=1S/C28H25N3O5S/c1-16-6-5-7-18(10-16)15-31-27(32)24(37-28(31)33)12-17-8-9-20-21(11-17)30-26(29-20)19-13-22(34-2)25(36-4)23(14-19)35-3/h5-14,32H,15H2,1-4H3. The summed E-state index contributed by atoms with van der Waals surface area (Å²) in [5, 5.41) is 12.3. The van der Waals surface area contributed by atoms with Crippen molar-refractivity contribution in [2.24, 2.45) is 9.98 Å². The second-order valence-electron chi connectivity index (χ2n) is 8.48. The van der Waals surface area contributed by atoms with Crippen molar-refractivity contribution in [3.8, 4) is 23.1 Å². The van der Waals surface area contributed by atoms with Gasteiger partial charge in [0.2, 0.25) is 11.6 Å². The second kappa shape index (κ2) is 9.94. The number of nitrogens with zero attached hydrogens (tertiary/aromatic N) is 3.